The lowest BCUT2D eigenvalue weighted by Gasteiger charge is -2.24. The number of ether oxygens (including phenoxy) is 1. The SMILES string of the molecule is O=[N+]([O-])c1cc2oc(N3CCOCC3)nc2cc1F. The second-order valence-electron chi connectivity index (χ2n) is 4.12. The number of halogens is 1. The zero-order valence-electron chi connectivity index (χ0n) is 9.84. The van der Waals surface area contributed by atoms with Gasteiger partial charge in [-0.1, -0.05) is 0 Å². The molecule has 2 aromatic rings. The first-order valence-electron chi connectivity index (χ1n) is 5.72. The van der Waals surface area contributed by atoms with Crippen molar-refractivity contribution in [1.82, 2.24) is 4.98 Å². The van der Waals surface area contributed by atoms with E-state index in [-0.39, 0.29) is 11.1 Å². The van der Waals surface area contributed by atoms with Crippen LogP contribution in [-0.4, -0.2) is 36.2 Å². The fourth-order valence-corrected chi connectivity index (χ4v) is 1.96. The summed E-state index contributed by atoms with van der Waals surface area (Å²) in [7, 11) is 0. The highest BCUT2D eigenvalue weighted by atomic mass is 19.1. The van der Waals surface area contributed by atoms with Crippen molar-refractivity contribution in [1.29, 1.82) is 0 Å². The average molecular weight is 267 g/mol. The number of hydrogen-bond acceptors (Lipinski definition) is 6. The first kappa shape index (κ1) is 11.8. The van der Waals surface area contributed by atoms with Crippen LogP contribution in [0.3, 0.4) is 0 Å². The lowest BCUT2D eigenvalue weighted by atomic mass is 10.3. The van der Waals surface area contributed by atoms with Gasteiger partial charge < -0.3 is 14.1 Å². The second-order valence-corrected chi connectivity index (χ2v) is 4.12. The van der Waals surface area contributed by atoms with Gasteiger partial charge in [-0.2, -0.15) is 9.37 Å². The molecule has 0 amide bonds. The summed E-state index contributed by atoms with van der Waals surface area (Å²) in [6, 6.07) is 2.40. The molecule has 1 saturated heterocycles. The van der Waals surface area contributed by atoms with Gasteiger partial charge in [0.1, 0.15) is 5.52 Å². The number of fused-ring (bicyclic) bond motifs is 1. The van der Waals surface area contributed by atoms with E-state index in [2.05, 4.69) is 4.98 Å². The van der Waals surface area contributed by atoms with Gasteiger partial charge in [0.25, 0.3) is 6.01 Å². The quantitative estimate of drug-likeness (QED) is 0.608. The molecular weight excluding hydrogens is 257 g/mol. The normalized spacial score (nSPS) is 15.9. The molecule has 1 fully saturated rings. The summed E-state index contributed by atoms with van der Waals surface area (Å²) in [5.74, 6) is -0.917. The van der Waals surface area contributed by atoms with Gasteiger partial charge in [0, 0.05) is 19.2 Å². The van der Waals surface area contributed by atoms with Gasteiger partial charge in [0.2, 0.25) is 5.82 Å². The number of nitro groups is 1. The van der Waals surface area contributed by atoms with Crippen LogP contribution in [0.5, 0.6) is 0 Å². The molecule has 0 unspecified atom stereocenters. The van der Waals surface area contributed by atoms with Gasteiger partial charge in [-0.15, -0.1) is 0 Å². The third-order valence-electron chi connectivity index (χ3n) is 2.92. The standard InChI is InChI=1S/C11H10FN3O4/c12-7-5-8-10(6-9(7)15(16)17)19-11(13-8)14-1-3-18-4-2-14/h5-6H,1-4H2. The van der Waals surface area contributed by atoms with Crippen LogP contribution in [0, 0.1) is 15.9 Å². The molecular formula is C11H10FN3O4. The van der Waals surface area contributed by atoms with Crippen molar-refractivity contribution in [2.24, 2.45) is 0 Å². The van der Waals surface area contributed by atoms with Gasteiger partial charge in [-0.3, -0.25) is 10.1 Å². The van der Waals surface area contributed by atoms with E-state index in [4.69, 9.17) is 9.15 Å². The van der Waals surface area contributed by atoms with E-state index in [1.807, 2.05) is 4.90 Å². The molecule has 1 aliphatic heterocycles. The van der Waals surface area contributed by atoms with E-state index in [1.54, 1.807) is 0 Å². The zero-order chi connectivity index (χ0) is 13.4. The number of anilines is 1. The Hall–Kier alpha value is -2.22. The Kier molecular flexibility index (Phi) is 2.79. The van der Waals surface area contributed by atoms with Crippen LogP contribution in [0.15, 0.2) is 16.5 Å². The highest BCUT2D eigenvalue weighted by molar-refractivity contribution is 5.77. The summed E-state index contributed by atoms with van der Waals surface area (Å²) in [5.41, 5.74) is -0.142. The molecule has 0 spiro atoms. The lowest BCUT2D eigenvalue weighted by molar-refractivity contribution is -0.387. The summed E-state index contributed by atoms with van der Waals surface area (Å²) in [6.45, 7) is 2.37. The van der Waals surface area contributed by atoms with E-state index in [0.717, 1.165) is 12.1 Å². The van der Waals surface area contributed by atoms with Crippen LogP contribution >= 0.6 is 0 Å². The monoisotopic (exact) mass is 267 g/mol. The molecule has 1 aromatic heterocycles. The minimum atomic E-state index is -0.917. The van der Waals surface area contributed by atoms with Crippen LogP contribution in [0.1, 0.15) is 0 Å². The zero-order valence-corrected chi connectivity index (χ0v) is 9.84. The van der Waals surface area contributed by atoms with Crippen molar-refractivity contribution in [2.75, 3.05) is 31.2 Å². The van der Waals surface area contributed by atoms with E-state index in [9.17, 15) is 14.5 Å². The maximum Gasteiger partial charge on any atom is 0.308 e. The van der Waals surface area contributed by atoms with E-state index >= 15 is 0 Å². The lowest BCUT2D eigenvalue weighted by Crippen LogP contribution is -2.36. The first-order valence-corrected chi connectivity index (χ1v) is 5.72. The summed E-state index contributed by atoms with van der Waals surface area (Å²) in [5, 5.41) is 10.7. The van der Waals surface area contributed by atoms with E-state index in [0.29, 0.717) is 32.3 Å². The molecule has 3 rings (SSSR count). The number of nitrogens with zero attached hydrogens (tertiary/aromatic N) is 3. The molecule has 0 saturated carbocycles. The van der Waals surface area contributed by atoms with Crippen molar-refractivity contribution < 1.29 is 18.5 Å². The maximum atomic E-state index is 13.5. The van der Waals surface area contributed by atoms with Crippen molar-refractivity contribution in [3.05, 3.63) is 28.1 Å². The van der Waals surface area contributed by atoms with Gasteiger partial charge in [-0.05, 0) is 0 Å². The van der Waals surface area contributed by atoms with Crippen molar-refractivity contribution >= 4 is 22.8 Å². The summed E-state index contributed by atoms with van der Waals surface area (Å²) >= 11 is 0. The van der Waals surface area contributed by atoms with Crippen molar-refractivity contribution in [2.45, 2.75) is 0 Å². The van der Waals surface area contributed by atoms with Gasteiger partial charge in [0.15, 0.2) is 5.58 Å². The third kappa shape index (κ3) is 2.10. The summed E-state index contributed by atoms with van der Waals surface area (Å²) in [4.78, 5) is 15.9. The Morgan fingerprint density at radius 1 is 1.37 bits per heavy atom. The molecule has 100 valence electrons. The van der Waals surface area contributed by atoms with Gasteiger partial charge >= 0.3 is 5.69 Å². The minimum Gasteiger partial charge on any atom is -0.423 e. The number of aromatic nitrogens is 1. The Labute approximate surface area is 106 Å². The van der Waals surface area contributed by atoms with Crippen LogP contribution in [0.4, 0.5) is 16.1 Å². The number of oxazole rings is 1. The van der Waals surface area contributed by atoms with Gasteiger partial charge in [0.05, 0.1) is 24.2 Å². The summed E-state index contributed by atoms with van der Waals surface area (Å²) < 4.78 is 24.1. The maximum absolute atomic E-state index is 13.5. The Morgan fingerprint density at radius 3 is 2.79 bits per heavy atom. The van der Waals surface area contributed by atoms with Crippen LogP contribution < -0.4 is 4.90 Å². The molecule has 1 aromatic carbocycles. The summed E-state index contributed by atoms with van der Waals surface area (Å²) in [6.07, 6.45) is 0. The third-order valence-corrected chi connectivity index (χ3v) is 2.92. The highest BCUT2D eigenvalue weighted by Crippen LogP contribution is 2.28. The molecule has 7 nitrogen and oxygen atoms in total. The second kappa shape index (κ2) is 4.47. The van der Waals surface area contributed by atoms with E-state index < -0.39 is 16.4 Å². The number of rotatable bonds is 2. The molecule has 0 N–H and O–H groups in total. The predicted molar refractivity (Wildman–Crippen MR) is 63.7 cm³/mol. The van der Waals surface area contributed by atoms with Crippen molar-refractivity contribution in [3.63, 3.8) is 0 Å². The fourth-order valence-electron chi connectivity index (χ4n) is 1.96. The highest BCUT2D eigenvalue weighted by Gasteiger charge is 2.21. The van der Waals surface area contributed by atoms with Crippen LogP contribution in [0.2, 0.25) is 0 Å². The topological polar surface area (TPSA) is 81.6 Å². The van der Waals surface area contributed by atoms with E-state index in [1.165, 1.54) is 0 Å². The largest absolute Gasteiger partial charge is 0.423 e. The molecule has 19 heavy (non-hydrogen) atoms. The van der Waals surface area contributed by atoms with Gasteiger partial charge in [-0.25, -0.2) is 0 Å². The molecule has 0 aliphatic carbocycles. The van der Waals surface area contributed by atoms with Crippen LogP contribution in [0.25, 0.3) is 11.1 Å². The minimum absolute atomic E-state index is 0.203. The molecule has 8 heteroatoms. The fraction of sp³-hybridized carbons (Fsp3) is 0.364. The predicted octanol–water partition coefficient (Wildman–Crippen LogP) is 1.71. The van der Waals surface area contributed by atoms with Crippen molar-refractivity contribution in [3.8, 4) is 0 Å². The number of hydrogen-bond donors (Lipinski definition) is 0. The number of morpholine rings is 1. The molecule has 2 heterocycles. The average Bonchev–Trinajstić information content (AvgIpc) is 2.81. The molecule has 1 aliphatic rings. The first-order chi connectivity index (χ1) is 9.15. The molecule has 0 atom stereocenters. The molecule has 0 bridgehead atoms. The Bertz CT molecular complexity index is 636. The smallest absolute Gasteiger partial charge is 0.308 e. The number of benzene rings is 1. The molecule has 0 radical (unpaired) electrons. The number of nitro benzene ring substituents is 1. The Balaban J connectivity index is 2.02. The van der Waals surface area contributed by atoms with Crippen LogP contribution in [-0.2, 0) is 4.74 Å². The Morgan fingerprint density at radius 2 is 2.11 bits per heavy atom.